The minimum absolute atomic E-state index is 0.0346. The molecule has 1 aromatic carbocycles. The number of carbonyl (C=O) groups excluding carboxylic acids is 2. The summed E-state index contributed by atoms with van der Waals surface area (Å²) >= 11 is 0. The summed E-state index contributed by atoms with van der Waals surface area (Å²) in [6.07, 6.45) is 0.983. The van der Waals surface area contributed by atoms with E-state index < -0.39 is 0 Å². The molecule has 1 N–H and O–H groups in total. The second-order valence-corrected chi connectivity index (χ2v) is 7.37. The van der Waals surface area contributed by atoms with Crippen molar-refractivity contribution in [2.45, 2.75) is 26.3 Å². The van der Waals surface area contributed by atoms with Gasteiger partial charge in [-0.3, -0.25) is 4.79 Å². The molecule has 1 saturated heterocycles. The summed E-state index contributed by atoms with van der Waals surface area (Å²) < 4.78 is 0. The highest BCUT2D eigenvalue weighted by Gasteiger charge is 2.30. The van der Waals surface area contributed by atoms with E-state index in [1.807, 2.05) is 24.9 Å². The molecule has 1 heterocycles. The summed E-state index contributed by atoms with van der Waals surface area (Å²) in [7, 11) is 7.44. The molecule has 1 aromatic rings. The Morgan fingerprint density at radius 3 is 2.48 bits per heavy atom. The highest BCUT2D eigenvalue weighted by molar-refractivity contribution is 5.96. The Hall–Kier alpha value is -2.08. The number of hydrogen-bond acceptors (Lipinski definition) is 3. The van der Waals surface area contributed by atoms with E-state index >= 15 is 0 Å². The Balaban J connectivity index is 2.05. The number of anilines is 1. The van der Waals surface area contributed by atoms with E-state index in [-0.39, 0.29) is 18.0 Å². The lowest BCUT2D eigenvalue weighted by Crippen LogP contribution is -2.50. The Morgan fingerprint density at radius 2 is 1.92 bits per heavy atom. The smallest absolute Gasteiger partial charge is 0.321 e. The fourth-order valence-electron chi connectivity index (χ4n) is 3.50. The maximum atomic E-state index is 12.6. The number of nitrogens with zero attached hydrogens (tertiary/aromatic N) is 3. The van der Waals surface area contributed by atoms with Crippen molar-refractivity contribution in [1.29, 1.82) is 0 Å². The molecular formula is C19H30N4O2. The maximum Gasteiger partial charge on any atom is 0.321 e. The topological polar surface area (TPSA) is 55.9 Å². The second kappa shape index (κ2) is 7.87. The van der Waals surface area contributed by atoms with Crippen LogP contribution >= 0.6 is 0 Å². The molecule has 0 bridgehead atoms. The molecule has 1 fully saturated rings. The van der Waals surface area contributed by atoms with Gasteiger partial charge in [0.05, 0.1) is 0 Å². The van der Waals surface area contributed by atoms with Crippen LogP contribution in [0.3, 0.4) is 0 Å². The fraction of sp³-hybridized carbons (Fsp3) is 0.579. The van der Waals surface area contributed by atoms with Crippen molar-refractivity contribution in [3.05, 3.63) is 29.3 Å². The zero-order valence-corrected chi connectivity index (χ0v) is 16.2. The summed E-state index contributed by atoms with van der Waals surface area (Å²) in [6.45, 7) is 6.08. The minimum Gasteiger partial charge on any atom is -0.345 e. The Morgan fingerprint density at radius 1 is 1.24 bits per heavy atom. The number of benzene rings is 1. The molecule has 25 heavy (non-hydrogen) atoms. The largest absolute Gasteiger partial charge is 0.345 e. The van der Waals surface area contributed by atoms with E-state index in [9.17, 15) is 9.59 Å². The van der Waals surface area contributed by atoms with E-state index in [1.165, 1.54) is 0 Å². The van der Waals surface area contributed by atoms with Crippen LogP contribution in [0.25, 0.3) is 0 Å². The van der Waals surface area contributed by atoms with Crippen molar-refractivity contribution in [1.82, 2.24) is 14.7 Å². The number of aryl methyl sites for hydroxylation is 1. The van der Waals surface area contributed by atoms with Crippen LogP contribution in [0.5, 0.6) is 0 Å². The van der Waals surface area contributed by atoms with Crippen molar-refractivity contribution in [2.75, 3.05) is 46.6 Å². The van der Waals surface area contributed by atoms with Crippen LogP contribution in [-0.2, 0) is 0 Å². The average Bonchev–Trinajstić information content (AvgIpc) is 2.53. The number of likely N-dealkylation sites (tertiary alicyclic amines) is 1. The van der Waals surface area contributed by atoms with Crippen molar-refractivity contribution in [3.63, 3.8) is 0 Å². The Kier molecular flexibility index (Phi) is 6.06. The predicted molar refractivity (Wildman–Crippen MR) is 101 cm³/mol. The number of carbonyl (C=O) groups is 2. The van der Waals surface area contributed by atoms with Crippen LogP contribution in [0.4, 0.5) is 10.5 Å². The third-order valence-corrected chi connectivity index (χ3v) is 5.00. The number of hydrogen-bond donors (Lipinski definition) is 1. The molecule has 3 amide bonds. The van der Waals surface area contributed by atoms with Crippen molar-refractivity contribution in [2.24, 2.45) is 5.92 Å². The van der Waals surface area contributed by atoms with E-state index in [0.29, 0.717) is 17.2 Å². The van der Waals surface area contributed by atoms with Gasteiger partial charge >= 0.3 is 6.03 Å². The molecule has 0 saturated carbocycles. The highest BCUT2D eigenvalue weighted by atomic mass is 16.2. The zero-order chi connectivity index (χ0) is 18.7. The molecule has 2 unspecified atom stereocenters. The molecule has 6 heteroatoms. The first-order chi connectivity index (χ1) is 11.7. The van der Waals surface area contributed by atoms with Crippen LogP contribution in [0, 0.1) is 12.8 Å². The number of nitrogens with one attached hydrogen (secondary N) is 1. The quantitative estimate of drug-likeness (QED) is 0.915. The Bertz CT molecular complexity index is 644. The minimum atomic E-state index is -0.104. The summed E-state index contributed by atoms with van der Waals surface area (Å²) in [5.74, 6) is 0.406. The van der Waals surface area contributed by atoms with Gasteiger partial charge in [0.25, 0.3) is 5.91 Å². The van der Waals surface area contributed by atoms with Gasteiger partial charge in [-0.05, 0) is 56.6 Å². The van der Waals surface area contributed by atoms with E-state index in [4.69, 9.17) is 0 Å². The second-order valence-electron chi connectivity index (χ2n) is 7.37. The van der Waals surface area contributed by atoms with Crippen LogP contribution in [0.15, 0.2) is 18.2 Å². The van der Waals surface area contributed by atoms with Crippen LogP contribution in [0.1, 0.15) is 29.3 Å². The highest BCUT2D eigenvalue weighted by Crippen LogP contribution is 2.22. The number of rotatable bonds is 3. The first kappa shape index (κ1) is 19.2. The van der Waals surface area contributed by atoms with Crippen molar-refractivity contribution < 1.29 is 9.59 Å². The average molecular weight is 346 g/mol. The van der Waals surface area contributed by atoms with Crippen LogP contribution in [0.2, 0.25) is 0 Å². The van der Waals surface area contributed by atoms with Crippen molar-refractivity contribution in [3.8, 4) is 0 Å². The monoisotopic (exact) mass is 346 g/mol. The van der Waals surface area contributed by atoms with Crippen LogP contribution < -0.4 is 5.32 Å². The van der Waals surface area contributed by atoms with Gasteiger partial charge in [0.1, 0.15) is 0 Å². The lowest BCUT2D eigenvalue weighted by atomic mass is 9.93. The molecule has 2 rings (SSSR count). The molecule has 138 valence electrons. The molecular weight excluding hydrogens is 316 g/mol. The predicted octanol–water partition coefficient (Wildman–Crippen LogP) is 2.50. The maximum absolute atomic E-state index is 12.6. The van der Waals surface area contributed by atoms with Crippen molar-refractivity contribution >= 4 is 17.6 Å². The molecule has 6 nitrogen and oxygen atoms in total. The zero-order valence-electron chi connectivity index (χ0n) is 16.2. The van der Waals surface area contributed by atoms with Gasteiger partial charge in [0.15, 0.2) is 0 Å². The molecule has 0 spiro atoms. The van der Waals surface area contributed by atoms with Gasteiger partial charge in [0, 0.05) is 45.0 Å². The molecule has 1 aliphatic rings. The van der Waals surface area contributed by atoms with Gasteiger partial charge in [-0.2, -0.15) is 0 Å². The lowest BCUT2D eigenvalue weighted by Gasteiger charge is -2.39. The van der Waals surface area contributed by atoms with E-state index in [1.54, 1.807) is 31.1 Å². The molecule has 0 aliphatic carbocycles. The van der Waals surface area contributed by atoms with Crippen LogP contribution in [-0.4, -0.2) is 74.0 Å². The summed E-state index contributed by atoms with van der Waals surface area (Å²) in [6, 6.07) is 5.54. The lowest BCUT2D eigenvalue weighted by molar-refractivity contribution is 0.0827. The third-order valence-electron chi connectivity index (χ3n) is 5.00. The third kappa shape index (κ3) is 4.51. The molecule has 2 atom stereocenters. The summed E-state index contributed by atoms with van der Waals surface area (Å²) in [5, 5.41) is 2.96. The molecule has 1 aliphatic heterocycles. The Labute approximate surface area is 150 Å². The van der Waals surface area contributed by atoms with Gasteiger partial charge in [-0.15, -0.1) is 0 Å². The van der Waals surface area contributed by atoms with Gasteiger partial charge in [0.2, 0.25) is 0 Å². The normalized spacial score (nSPS) is 20.9. The first-order valence-corrected chi connectivity index (χ1v) is 8.75. The first-order valence-electron chi connectivity index (χ1n) is 8.75. The SMILES string of the molecule is Cc1cc(NC(=O)N(C)C2CCN(C)CC2C)ccc1C(=O)N(C)C. The number of urea groups is 1. The number of amides is 3. The summed E-state index contributed by atoms with van der Waals surface area (Å²) in [4.78, 5) is 30.4. The number of piperidine rings is 1. The van der Waals surface area contributed by atoms with Gasteiger partial charge in [-0.25, -0.2) is 4.79 Å². The molecule has 0 aromatic heterocycles. The van der Waals surface area contributed by atoms with Gasteiger partial charge < -0.3 is 20.0 Å². The van der Waals surface area contributed by atoms with E-state index in [2.05, 4.69) is 24.2 Å². The van der Waals surface area contributed by atoms with Gasteiger partial charge in [-0.1, -0.05) is 6.92 Å². The molecule has 0 radical (unpaired) electrons. The summed E-state index contributed by atoms with van der Waals surface area (Å²) in [5.41, 5.74) is 2.22. The standard InChI is InChI=1S/C19H30N4O2/c1-13-11-15(7-8-16(13)18(24)21(3)4)20-19(25)23(6)17-9-10-22(5)12-14(17)2/h7-8,11,14,17H,9-10,12H2,1-6H3,(H,20,25). The van der Waals surface area contributed by atoms with E-state index in [0.717, 1.165) is 25.1 Å². The fourth-order valence-corrected chi connectivity index (χ4v) is 3.50.